The molecule has 0 atom stereocenters. The first-order chi connectivity index (χ1) is 9.47. The Hall–Kier alpha value is -1.77. The highest BCUT2D eigenvalue weighted by Gasteiger charge is 2.14. The molecule has 20 heavy (non-hydrogen) atoms. The van der Waals surface area contributed by atoms with Gasteiger partial charge in [-0.25, -0.2) is 0 Å². The molecule has 1 heterocycles. The van der Waals surface area contributed by atoms with Crippen LogP contribution in [0, 0.1) is 12.8 Å². The van der Waals surface area contributed by atoms with Crippen LogP contribution in [-0.2, 0) is 26.3 Å². The first-order valence-electron chi connectivity index (χ1n) is 7.33. The first kappa shape index (κ1) is 14.6. The van der Waals surface area contributed by atoms with Crippen LogP contribution in [0.4, 0.5) is 5.82 Å². The van der Waals surface area contributed by atoms with Gasteiger partial charge < -0.3 is 5.73 Å². The van der Waals surface area contributed by atoms with Crippen molar-refractivity contribution >= 4 is 5.82 Å². The Kier molecular flexibility index (Phi) is 4.48. The van der Waals surface area contributed by atoms with E-state index >= 15 is 0 Å². The number of nitrogen functional groups attached to an aromatic ring is 1. The molecule has 0 radical (unpaired) electrons. The second-order valence-electron chi connectivity index (χ2n) is 6.02. The van der Waals surface area contributed by atoms with Gasteiger partial charge in [-0.2, -0.15) is 5.10 Å². The van der Waals surface area contributed by atoms with Crippen LogP contribution in [-0.4, -0.2) is 9.78 Å². The molecule has 0 spiro atoms. The topological polar surface area (TPSA) is 43.8 Å². The van der Waals surface area contributed by atoms with E-state index in [-0.39, 0.29) is 0 Å². The van der Waals surface area contributed by atoms with E-state index in [2.05, 4.69) is 50.1 Å². The predicted octanol–water partition coefficient (Wildman–Crippen LogP) is 3.29. The summed E-state index contributed by atoms with van der Waals surface area (Å²) in [6.45, 7) is 6.57. The molecule has 2 rings (SSSR count). The number of anilines is 1. The van der Waals surface area contributed by atoms with Crippen LogP contribution in [0.2, 0.25) is 0 Å². The van der Waals surface area contributed by atoms with Gasteiger partial charge in [0.1, 0.15) is 5.82 Å². The second kappa shape index (κ2) is 6.12. The second-order valence-corrected chi connectivity index (χ2v) is 6.02. The predicted molar refractivity (Wildman–Crippen MR) is 84.7 cm³/mol. The number of aryl methyl sites for hydroxylation is 4. The third kappa shape index (κ3) is 3.41. The maximum absolute atomic E-state index is 6.15. The number of hydrogen-bond donors (Lipinski definition) is 1. The molecule has 2 N–H and O–H groups in total. The molecule has 3 heteroatoms. The molecule has 108 valence electrons. The van der Waals surface area contributed by atoms with Gasteiger partial charge in [-0.1, -0.05) is 43.7 Å². The lowest BCUT2D eigenvalue weighted by molar-refractivity contribution is 0.643. The average Bonchev–Trinajstić information content (AvgIpc) is 2.64. The monoisotopic (exact) mass is 271 g/mol. The molecule has 2 aromatic rings. The molecular formula is C17H25N3. The summed E-state index contributed by atoms with van der Waals surface area (Å²) in [5.41, 5.74) is 11.2. The quantitative estimate of drug-likeness (QED) is 0.907. The van der Waals surface area contributed by atoms with Crippen LogP contribution < -0.4 is 5.73 Å². The number of hydrogen-bond acceptors (Lipinski definition) is 2. The van der Waals surface area contributed by atoms with Gasteiger partial charge in [0.05, 0.1) is 5.69 Å². The largest absolute Gasteiger partial charge is 0.384 e. The van der Waals surface area contributed by atoms with Gasteiger partial charge in [-0.05, 0) is 37.7 Å². The SMILES string of the molecule is Cc1cccc(CCc2nn(C)c(N)c2CC(C)C)c1. The lowest BCUT2D eigenvalue weighted by Crippen LogP contribution is -2.03. The van der Waals surface area contributed by atoms with E-state index in [1.165, 1.54) is 16.7 Å². The van der Waals surface area contributed by atoms with Crippen molar-refractivity contribution in [2.45, 2.75) is 40.0 Å². The fourth-order valence-corrected chi connectivity index (χ4v) is 2.60. The Morgan fingerprint density at radius 3 is 2.65 bits per heavy atom. The van der Waals surface area contributed by atoms with Crippen molar-refractivity contribution in [1.29, 1.82) is 0 Å². The molecule has 0 amide bonds. The van der Waals surface area contributed by atoms with Crippen molar-refractivity contribution in [2.24, 2.45) is 13.0 Å². The van der Waals surface area contributed by atoms with E-state index in [4.69, 9.17) is 5.73 Å². The number of rotatable bonds is 5. The van der Waals surface area contributed by atoms with Gasteiger partial charge in [0.2, 0.25) is 0 Å². The zero-order chi connectivity index (χ0) is 14.7. The molecule has 0 bridgehead atoms. The highest BCUT2D eigenvalue weighted by atomic mass is 15.3. The number of nitrogens with zero attached hydrogens (tertiary/aromatic N) is 2. The average molecular weight is 271 g/mol. The molecule has 0 saturated heterocycles. The first-order valence-corrected chi connectivity index (χ1v) is 7.33. The van der Waals surface area contributed by atoms with Crippen LogP contribution in [0.25, 0.3) is 0 Å². The van der Waals surface area contributed by atoms with Crippen molar-refractivity contribution in [1.82, 2.24) is 9.78 Å². The summed E-state index contributed by atoms with van der Waals surface area (Å²) in [5, 5.41) is 4.59. The summed E-state index contributed by atoms with van der Waals surface area (Å²) >= 11 is 0. The molecule has 1 aromatic carbocycles. The van der Waals surface area contributed by atoms with Gasteiger partial charge >= 0.3 is 0 Å². The van der Waals surface area contributed by atoms with Crippen molar-refractivity contribution in [3.8, 4) is 0 Å². The Bertz CT molecular complexity index is 582. The van der Waals surface area contributed by atoms with Gasteiger partial charge in [0.25, 0.3) is 0 Å². The third-order valence-corrected chi connectivity index (χ3v) is 3.62. The third-order valence-electron chi connectivity index (χ3n) is 3.62. The molecule has 0 aliphatic carbocycles. The molecule has 3 nitrogen and oxygen atoms in total. The summed E-state index contributed by atoms with van der Waals surface area (Å²) in [6, 6.07) is 8.68. The number of aromatic nitrogens is 2. The maximum Gasteiger partial charge on any atom is 0.124 e. The zero-order valence-corrected chi connectivity index (χ0v) is 13.0. The lowest BCUT2D eigenvalue weighted by Gasteiger charge is -2.07. The van der Waals surface area contributed by atoms with Crippen molar-refractivity contribution in [2.75, 3.05) is 5.73 Å². The molecule has 1 aromatic heterocycles. The van der Waals surface area contributed by atoms with E-state index in [9.17, 15) is 0 Å². The van der Waals surface area contributed by atoms with Gasteiger partial charge in [-0.15, -0.1) is 0 Å². The van der Waals surface area contributed by atoms with Crippen LogP contribution in [0.3, 0.4) is 0 Å². The highest BCUT2D eigenvalue weighted by Crippen LogP contribution is 2.21. The molecule has 0 aliphatic rings. The summed E-state index contributed by atoms with van der Waals surface area (Å²) in [5.74, 6) is 1.41. The maximum atomic E-state index is 6.15. The normalized spacial score (nSPS) is 11.2. The standard InChI is InChI=1S/C17H25N3/c1-12(2)10-15-16(19-20(4)17(15)18)9-8-14-7-5-6-13(3)11-14/h5-7,11-12H,8-10,18H2,1-4H3. The molecular weight excluding hydrogens is 246 g/mol. The van der Waals surface area contributed by atoms with Gasteiger partial charge in [-0.3, -0.25) is 4.68 Å². The lowest BCUT2D eigenvalue weighted by atomic mass is 9.99. The molecule has 0 unspecified atom stereocenters. The van der Waals surface area contributed by atoms with Crippen LogP contribution in [0.5, 0.6) is 0 Å². The summed E-state index contributed by atoms with van der Waals surface area (Å²) < 4.78 is 1.81. The van der Waals surface area contributed by atoms with Crippen LogP contribution in [0.1, 0.15) is 36.2 Å². The number of nitrogens with two attached hydrogens (primary N) is 1. The Labute approximate surface area is 121 Å². The Morgan fingerprint density at radius 1 is 1.25 bits per heavy atom. The fourth-order valence-electron chi connectivity index (χ4n) is 2.60. The van der Waals surface area contributed by atoms with E-state index in [1.807, 2.05) is 11.7 Å². The van der Waals surface area contributed by atoms with Crippen molar-refractivity contribution in [3.05, 3.63) is 46.6 Å². The van der Waals surface area contributed by atoms with Gasteiger partial charge in [0.15, 0.2) is 0 Å². The molecule has 0 fully saturated rings. The fraction of sp³-hybridized carbons (Fsp3) is 0.471. The minimum absolute atomic E-state index is 0.596. The van der Waals surface area contributed by atoms with E-state index in [0.29, 0.717) is 5.92 Å². The van der Waals surface area contributed by atoms with Gasteiger partial charge in [0, 0.05) is 12.6 Å². The molecule has 0 aliphatic heterocycles. The van der Waals surface area contributed by atoms with Crippen LogP contribution in [0.15, 0.2) is 24.3 Å². The Balaban J connectivity index is 2.15. The smallest absolute Gasteiger partial charge is 0.124 e. The minimum Gasteiger partial charge on any atom is -0.384 e. The summed E-state index contributed by atoms with van der Waals surface area (Å²) in [4.78, 5) is 0. The summed E-state index contributed by atoms with van der Waals surface area (Å²) in [7, 11) is 1.93. The molecule has 0 saturated carbocycles. The van der Waals surface area contributed by atoms with Crippen LogP contribution >= 0.6 is 0 Å². The van der Waals surface area contributed by atoms with Crippen molar-refractivity contribution < 1.29 is 0 Å². The number of benzene rings is 1. The van der Waals surface area contributed by atoms with Crippen molar-refractivity contribution in [3.63, 3.8) is 0 Å². The van der Waals surface area contributed by atoms with E-state index in [1.54, 1.807) is 0 Å². The zero-order valence-electron chi connectivity index (χ0n) is 13.0. The van der Waals surface area contributed by atoms with E-state index < -0.39 is 0 Å². The Morgan fingerprint density at radius 2 is 2.00 bits per heavy atom. The summed E-state index contributed by atoms with van der Waals surface area (Å²) in [6.07, 6.45) is 2.97. The van der Waals surface area contributed by atoms with E-state index in [0.717, 1.165) is 30.8 Å². The minimum atomic E-state index is 0.596. The highest BCUT2D eigenvalue weighted by molar-refractivity contribution is 5.44.